The number of fused-ring (bicyclic) bond motifs is 1. The van der Waals surface area contributed by atoms with Gasteiger partial charge in [-0.15, -0.1) is 11.3 Å². The summed E-state index contributed by atoms with van der Waals surface area (Å²) in [5.41, 5.74) is 0.972. The second-order valence-electron chi connectivity index (χ2n) is 7.56. The number of hydrogen-bond acceptors (Lipinski definition) is 5. The summed E-state index contributed by atoms with van der Waals surface area (Å²) < 4.78 is 0. The van der Waals surface area contributed by atoms with Crippen molar-refractivity contribution < 1.29 is 4.79 Å². The van der Waals surface area contributed by atoms with Crippen LogP contribution >= 0.6 is 11.3 Å². The molecule has 1 unspecified atom stereocenters. The summed E-state index contributed by atoms with van der Waals surface area (Å²) in [7, 11) is 0. The molecule has 1 saturated heterocycles. The summed E-state index contributed by atoms with van der Waals surface area (Å²) in [6.07, 6.45) is 1.68. The molecule has 0 radical (unpaired) electrons. The van der Waals surface area contributed by atoms with Gasteiger partial charge < -0.3 is 10.3 Å². The number of piperidine rings is 1. The maximum absolute atomic E-state index is 12.5. The molecular formula is C19H28N4O2S. The van der Waals surface area contributed by atoms with Crippen molar-refractivity contribution in [3.05, 3.63) is 26.6 Å². The zero-order valence-corrected chi connectivity index (χ0v) is 17.0. The molecule has 1 atom stereocenters. The number of rotatable bonds is 4. The van der Waals surface area contributed by atoms with Gasteiger partial charge >= 0.3 is 0 Å². The smallest absolute Gasteiger partial charge is 0.259 e. The molecule has 3 rings (SSSR count). The number of H-pyrrole nitrogens is 1. The van der Waals surface area contributed by atoms with Gasteiger partial charge in [-0.3, -0.25) is 14.5 Å². The van der Waals surface area contributed by atoms with Gasteiger partial charge in [0.15, 0.2) is 0 Å². The van der Waals surface area contributed by atoms with Gasteiger partial charge in [0.05, 0.1) is 11.4 Å². The summed E-state index contributed by atoms with van der Waals surface area (Å²) in [4.78, 5) is 36.7. The minimum Gasteiger partial charge on any atom is -0.354 e. The Bertz CT molecular complexity index is 862. The predicted molar refractivity (Wildman–Crippen MR) is 106 cm³/mol. The SMILES string of the molecule is Cc1sc2nc(C(C)N3CCC(C(=O)NC(C)C)CC3)[nH]c(=O)c2c1C. The Hall–Kier alpha value is -1.73. The first-order valence-electron chi connectivity index (χ1n) is 9.32. The van der Waals surface area contributed by atoms with Crippen molar-refractivity contribution in [3.63, 3.8) is 0 Å². The van der Waals surface area contributed by atoms with Crippen LogP contribution in [0.4, 0.5) is 0 Å². The van der Waals surface area contributed by atoms with Gasteiger partial charge in [-0.2, -0.15) is 0 Å². The molecule has 1 amide bonds. The molecule has 1 fully saturated rings. The number of carbonyl (C=O) groups is 1. The molecule has 2 N–H and O–H groups in total. The lowest BCUT2D eigenvalue weighted by molar-refractivity contribution is -0.127. The molecule has 142 valence electrons. The lowest BCUT2D eigenvalue weighted by Gasteiger charge is -2.35. The number of nitrogens with one attached hydrogen (secondary N) is 2. The fraction of sp³-hybridized carbons (Fsp3) is 0.632. The normalized spacial score (nSPS) is 17.8. The highest BCUT2D eigenvalue weighted by Crippen LogP contribution is 2.29. The van der Waals surface area contributed by atoms with Crippen LogP contribution in [0.15, 0.2) is 4.79 Å². The molecule has 1 aliphatic heterocycles. The first-order chi connectivity index (χ1) is 12.3. The molecule has 0 aromatic carbocycles. The zero-order chi connectivity index (χ0) is 19.0. The molecule has 26 heavy (non-hydrogen) atoms. The first kappa shape index (κ1) is 19.0. The molecule has 0 bridgehead atoms. The molecule has 6 nitrogen and oxygen atoms in total. The average Bonchev–Trinajstić information content (AvgIpc) is 2.88. The number of carbonyl (C=O) groups excluding carboxylic acids is 1. The highest BCUT2D eigenvalue weighted by atomic mass is 32.1. The topological polar surface area (TPSA) is 78.1 Å². The summed E-state index contributed by atoms with van der Waals surface area (Å²) in [5, 5.41) is 3.72. The maximum atomic E-state index is 12.5. The van der Waals surface area contributed by atoms with Gasteiger partial charge in [0, 0.05) is 16.8 Å². The Balaban J connectivity index is 1.73. The van der Waals surface area contributed by atoms with E-state index in [-0.39, 0.29) is 29.5 Å². The monoisotopic (exact) mass is 376 g/mol. The standard InChI is InChI=1S/C19H28N4O2S/c1-10(2)20-17(24)14-6-8-23(9-7-14)12(4)16-21-18(25)15-11(3)13(5)26-19(15)22-16/h10,12,14H,6-9H2,1-5H3,(H,20,24)(H,21,22,25). The zero-order valence-electron chi connectivity index (χ0n) is 16.2. The van der Waals surface area contributed by atoms with Gasteiger partial charge in [0.2, 0.25) is 5.91 Å². The van der Waals surface area contributed by atoms with Gasteiger partial charge in [-0.05, 0) is 66.1 Å². The average molecular weight is 377 g/mol. The van der Waals surface area contributed by atoms with Crippen LogP contribution in [0.1, 0.15) is 55.9 Å². The van der Waals surface area contributed by atoms with Crippen molar-refractivity contribution in [1.82, 2.24) is 20.2 Å². The van der Waals surface area contributed by atoms with E-state index in [0.29, 0.717) is 11.2 Å². The van der Waals surface area contributed by atoms with E-state index in [2.05, 4.69) is 22.1 Å². The van der Waals surface area contributed by atoms with Gasteiger partial charge in [0.1, 0.15) is 10.7 Å². The van der Waals surface area contributed by atoms with Crippen LogP contribution in [0.5, 0.6) is 0 Å². The van der Waals surface area contributed by atoms with E-state index in [4.69, 9.17) is 4.98 Å². The van der Waals surface area contributed by atoms with Crippen molar-refractivity contribution in [2.75, 3.05) is 13.1 Å². The van der Waals surface area contributed by atoms with Crippen molar-refractivity contribution in [2.24, 2.45) is 5.92 Å². The third kappa shape index (κ3) is 3.69. The van der Waals surface area contributed by atoms with E-state index in [1.165, 1.54) is 0 Å². The van der Waals surface area contributed by atoms with Crippen LogP contribution in [0.25, 0.3) is 10.2 Å². The quantitative estimate of drug-likeness (QED) is 0.860. The third-order valence-corrected chi connectivity index (χ3v) is 6.43. The molecule has 0 spiro atoms. The summed E-state index contributed by atoms with van der Waals surface area (Å²) in [6, 6.07) is 0.210. The molecule has 2 aromatic rings. The van der Waals surface area contributed by atoms with Crippen LogP contribution in [0, 0.1) is 19.8 Å². The van der Waals surface area contributed by atoms with Crippen molar-refractivity contribution >= 4 is 27.5 Å². The van der Waals surface area contributed by atoms with E-state index in [9.17, 15) is 9.59 Å². The highest BCUT2D eigenvalue weighted by Gasteiger charge is 2.29. The third-order valence-electron chi connectivity index (χ3n) is 5.33. The maximum Gasteiger partial charge on any atom is 0.259 e. The van der Waals surface area contributed by atoms with Crippen LogP contribution in [0.3, 0.4) is 0 Å². The Morgan fingerprint density at radius 1 is 1.27 bits per heavy atom. The van der Waals surface area contributed by atoms with Gasteiger partial charge in [-0.25, -0.2) is 4.98 Å². The lowest BCUT2D eigenvalue weighted by atomic mass is 9.94. The second kappa shape index (κ2) is 7.48. The van der Waals surface area contributed by atoms with E-state index in [1.807, 2.05) is 27.7 Å². The van der Waals surface area contributed by atoms with Crippen molar-refractivity contribution in [2.45, 2.75) is 59.5 Å². The molecular weight excluding hydrogens is 348 g/mol. The Morgan fingerprint density at radius 2 is 1.92 bits per heavy atom. The summed E-state index contributed by atoms with van der Waals surface area (Å²) in [5.74, 6) is 0.955. The van der Waals surface area contributed by atoms with Gasteiger partial charge in [-0.1, -0.05) is 0 Å². The van der Waals surface area contributed by atoms with Crippen LogP contribution in [0.2, 0.25) is 0 Å². The van der Waals surface area contributed by atoms with E-state index < -0.39 is 0 Å². The fourth-order valence-electron chi connectivity index (χ4n) is 3.59. The van der Waals surface area contributed by atoms with Crippen LogP contribution < -0.4 is 10.9 Å². The summed E-state index contributed by atoms with van der Waals surface area (Å²) in [6.45, 7) is 11.7. The lowest BCUT2D eigenvalue weighted by Crippen LogP contribution is -2.43. The van der Waals surface area contributed by atoms with Crippen LogP contribution in [-0.2, 0) is 4.79 Å². The number of hydrogen-bond donors (Lipinski definition) is 2. The number of aromatic nitrogens is 2. The van der Waals surface area contributed by atoms with Crippen molar-refractivity contribution in [3.8, 4) is 0 Å². The summed E-state index contributed by atoms with van der Waals surface area (Å²) >= 11 is 1.58. The van der Waals surface area contributed by atoms with Crippen LogP contribution in [-0.4, -0.2) is 39.9 Å². The Morgan fingerprint density at radius 3 is 2.54 bits per heavy atom. The predicted octanol–water partition coefficient (Wildman–Crippen LogP) is 2.90. The number of aryl methyl sites for hydroxylation is 2. The van der Waals surface area contributed by atoms with E-state index in [1.54, 1.807) is 11.3 Å². The number of likely N-dealkylation sites (tertiary alicyclic amines) is 1. The minimum atomic E-state index is -0.0510. The minimum absolute atomic E-state index is 0.0314. The first-order valence-corrected chi connectivity index (χ1v) is 10.1. The van der Waals surface area contributed by atoms with E-state index >= 15 is 0 Å². The number of thiophene rings is 1. The highest BCUT2D eigenvalue weighted by molar-refractivity contribution is 7.18. The molecule has 0 saturated carbocycles. The molecule has 2 aromatic heterocycles. The molecule has 3 heterocycles. The number of amides is 1. The molecule has 1 aliphatic rings. The molecule has 7 heteroatoms. The van der Waals surface area contributed by atoms with E-state index in [0.717, 1.165) is 41.2 Å². The van der Waals surface area contributed by atoms with Gasteiger partial charge in [0.25, 0.3) is 5.56 Å². The number of nitrogens with zero attached hydrogens (tertiary/aromatic N) is 2. The van der Waals surface area contributed by atoms with Crippen molar-refractivity contribution in [1.29, 1.82) is 0 Å². The largest absolute Gasteiger partial charge is 0.354 e. The number of aromatic amines is 1. The Labute approximate surface area is 158 Å². The Kier molecular flexibility index (Phi) is 5.48. The molecule has 0 aliphatic carbocycles. The second-order valence-corrected chi connectivity index (χ2v) is 8.77. The fourth-order valence-corrected chi connectivity index (χ4v) is 4.63.